The van der Waals surface area contributed by atoms with E-state index >= 15 is 0 Å². The highest BCUT2D eigenvalue weighted by atomic mass is 79.9. The van der Waals surface area contributed by atoms with Gasteiger partial charge in [0.1, 0.15) is 0 Å². The Kier molecular flexibility index (Phi) is 6.29. The second kappa shape index (κ2) is 7.48. The maximum Gasteiger partial charge on any atom is 0.273 e. The summed E-state index contributed by atoms with van der Waals surface area (Å²) in [5, 5.41) is 14.2. The number of rotatable bonds is 7. The Bertz CT molecular complexity index is 410. The van der Waals surface area contributed by atoms with Crippen molar-refractivity contribution in [2.75, 3.05) is 7.05 Å². The molecule has 0 aliphatic heterocycles. The Labute approximate surface area is 116 Å². The quantitative estimate of drug-likeness (QED) is 0.617. The fourth-order valence-corrected chi connectivity index (χ4v) is 2.38. The summed E-state index contributed by atoms with van der Waals surface area (Å²) in [4.78, 5) is 10.7. The summed E-state index contributed by atoms with van der Waals surface area (Å²) in [6.07, 6.45) is 3.87. The normalized spacial score (nSPS) is 12.4. The molecule has 0 bridgehead atoms. The van der Waals surface area contributed by atoms with Gasteiger partial charge in [-0.1, -0.05) is 35.3 Å². The van der Waals surface area contributed by atoms with E-state index in [-0.39, 0.29) is 10.6 Å². The molecule has 0 saturated heterocycles. The van der Waals surface area contributed by atoms with E-state index in [1.165, 1.54) is 0 Å². The highest BCUT2D eigenvalue weighted by Gasteiger charge is 2.15. The van der Waals surface area contributed by atoms with Crippen LogP contribution in [0.1, 0.15) is 31.7 Å². The first-order chi connectivity index (χ1) is 8.58. The molecule has 0 saturated carbocycles. The van der Waals surface area contributed by atoms with Gasteiger partial charge in [0.2, 0.25) is 0 Å². The van der Waals surface area contributed by atoms with E-state index in [4.69, 9.17) is 0 Å². The minimum Gasteiger partial charge on any atom is -0.317 e. The molecule has 0 heterocycles. The zero-order valence-corrected chi connectivity index (χ0v) is 12.4. The molecule has 0 aliphatic rings. The van der Waals surface area contributed by atoms with Gasteiger partial charge in [-0.3, -0.25) is 10.1 Å². The lowest BCUT2D eigenvalue weighted by Crippen LogP contribution is -2.25. The van der Waals surface area contributed by atoms with Crippen molar-refractivity contribution >= 4 is 21.6 Å². The first-order valence-corrected chi connectivity index (χ1v) is 6.97. The lowest BCUT2D eigenvalue weighted by Gasteiger charge is -2.14. The van der Waals surface area contributed by atoms with Crippen LogP contribution in [0.5, 0.6) is 0 Å². The van der Waals surface area contributed by atoms with E-state index in [0.717, 1.165) is 35.7 Å². The fourth-order valence-electron chi connectivity index (χ4n) is 2.03. The van der Waals surface area contributed by atoms with Crippen molar-refractivity contribution in [3.05, 3.63) is 38.3 Å². The summed E-state index contributed by atoms with van der Waals surface area (Å²) in [7, 11) is 1.94. The minimum atomic E-state index is -0.311. The van der Waals surface area contributed by atoms with Crippen LogP contribution >= 0.6 is 15.9 Å². The van der Waals surface area contributed by atoms with Gasteiger partial charge in [0.25, 0.3) is 5.69 Å². The van der Waals surface area contributed by atoms with Gasteiger partial charge < -0.3 is 5.32 Å². The molecule has 100 valence electrons. The number of nitrogens with zero attached hydrogens (tertiary/aromatic N) is 1. The predicted octanol–water partition coefficient (Wildman–Crippen LogP) is 3.68. The van der Waals surface area contributed by atoms with Crippen molar-refractivity contribution in [3.8, 4) is 0 Å². The molecule has 1 rings (SSSR count). The second-order valence-corrected chi connectivity index (χ2v) is 5.26. The van der Waals surface area contributed by atoms with Gasteiger partial charge in [-0.15, -0.1) is 0 Å². The maximum atomic E-state index is 11.0. The molecule has 0 aromatic heterocycles. The SMILES string of the molecule is CCCC(CCc1ccc(Br)cc1[N+](=O)[O-])NC. The third kappa shape index (κ3) is 4.38. The molecule has 0 aliphatic carbocycles. The van der Waals surface area contributed by atoms with Crippen LogP contribution in [0.2, 0.25) is 0 Å². The van der Waals surface area contributed by atoms with Crippen LogP contribution in [0.3, 0.4) is 0 Å². The molecule has 0 fully saturated rings. The molecule has 0 spiro atoms. The number of aryl methyl sites for hydroxylation is 1. The molecule has 0 radical (unpaired) electrons. The summed E-state index contributed by atoms with van der Waals surface area (Å²) < 4.78 is 0.747. The van der Waals surface area contributed by atoms with Gasteiger partial charge in [0, 0.05) is 22.1 Å². The summed E-state index contributed by atoms with van der Waals surface area (Å²) in [5.41, 5.74) is 1.01. The van der Waals surface area contributed by atoms with E-state index in [2.05, 4.69) is 28.2 Å². The van der Waals surface area contributed by atoms with Crippen molar-refractivity contribution in [1.29, 1.82) is 0 Å². The van der Waals surface area contributed by atoms with Crippen LogP contribution < -0.4 is 5.32 Å². The Balaban J connectivity index is 2.74. The molecular weight excluding hydrogens is 296 g/mol. The first kappa shape index (κ1) is 15.1. The monoisotopic (exact) mass is 314 g/mol. The van der Waals surface area contributed by atoms with Crippen LogP contribution in [0.4, 0.5) is 5.69 Å². The van der Waals surface area contributed by atoms with E-state index < -0.39 is 0 Å². The highest BCUT2D eigenvalue weighted by molar-refractivity contribution is 9.10. The standard InChI is InChI=1S/C13H19BrN2O2/c1-3-4-12(15-2)8-6-10-5-7-11(14)9-13(10)16(17)18/h5,7,9,12,15H,3-4,6,8H2,1-2H3. The largest absolute Gasteiger partial charge is 0.317 e. The van der Waals surface area contributed by atoms with Crippen LogP contribution in [0.15, 0.2) is 22.7 Å². The number of hydrogen-bond acceptors (Lipinski definition) is 3. The van der Waals surface area contributed by atoms with Gasteiger partial charge in [-0.25, -0.2) is 0 Å². The summed E-state index contributed by atoms with van der Waals surface area (Å²) in [6, 6.07) is 5.69. The first-order valence-electron chi connectivity index (χ1n) is 6.18. The molecular formula is C13H19BrN2O2. The van der Waals surface area contributed by atoms with Crippen molar-refractivity contribution in [2.24, 2.45) is 0 Å². The van der Waals surface area contributed by atoms with E-state index in [1.54, 1.807) is 6.07 Å². The smallest absolute Gasteiger partial charge is 0.273 e. The molecule has 4 nitrogen and oxygen atoms in total. The fraction of sp³-hybridized carbons (Fsp3) is 0.538. The van der Waals surface area contributed by atoms with Crippen LogP contribution in [-0.2, 0) is 6.42 Å². The maximum absolute atomic E-state index is 11.0. The predicted molar refractivity (Wildman–Crippen MR) is 76.9 cm³/mol. The molecule has 0 amide bonds. The van der Waals surface area contributed by atoms with Gasteiger partial charge in [0.05, 0.1) is 4.92 Å². The van der Waals surface area contributed by atoms with Gasteiger partial charge >= 0.3 is 0 Å². The summed E-state index contributed by atoms with van der Waals surface area (Å²) >= 11 is 3.27. The molecule has 1 aromatic carbocycles. The van der Waals surface area contributed by atoms with Crippen molar-refractivity contribution < 1.29 is 4.92 Å². The number of benzene rings is 1. The Morgan fingerprint density at radius 2 is 2.17 bits per heavy atom. The van der Waals surface area contributed by atoms with E-state index in [0.29, 0.717) is 6.04 Å². The lowest BCUT2D eigenvalue weighted by atomic mass is 10.0. The van der Waals surface area contributed by atoms with E-state index in [1.807, 2.05) is 19.2 Å². The zero-order chi connectivity index (χ0) is 13.5. The van der Waals surface area contributed by atoms with Crippen molar-refractivity contribution in [3.63, 3.8) is 0 Å². The molecule has 1 unspecified atom stereocenters. The Morgan fingerprint density at radius 3 is 2.72 bits per heavy atom. The Morgan fingerprint density at radius 1 is 1.44 bits per heavy atom. The van der Waals surface area contributed by atoms with Crippen molar-refractivity contribution in [2.45, 2.75) is 38.6 Å². The molecule has 1 aromatic rings. The van der Waals surface area contributed by atoms with Crippen LogP contribution in [0, 0.1) is 10.1 Å². The number of hydrogen-bond donors (Lipinski definition) is 1. The average Bonchev–Trinajstić information content (AvgIpc) is 2.35. The summed E-state index contributed by atoms with van der Waals surface area (Å²) in [6.45, 7) is 2.15. The second-order valence-electron chi connectivity index (χ2n) is 4.34. The van der Waals surface area contributed by atoms with Crippen molar-refractivity contribution in [1.82, 2.24) is 5.32 Å². The third-order valence-corrected chi connectivity index (χ3v) is 3.54. The molecule has 5 heteroatoms. The van der Waals surface area contributed by atoms with Crippen LogP contribution in [0.25, 0.3) is 0 Å². The van der Waals surface area contributed by atoms with Gasteiger partial charge in [-0.05, 0) is 32.4 Å². The number of nitro benzene ring substituents is 1. The average molecular weight is 315 g/mol. The van der Waals surface area contributed by atoms with Gasteiger partial charge in [-0.2, -0.15) is 0 Å². The molecule has 1 N–H and O–H groups in total. The van der Waals surface area contributed by atoms with E-state index in [9.17, 15) is 10.1 Å². The number of nitro groups is 1. The summed E-state index contributed by atoms with van der Waals surface area (Å²) in [5.74, 6) is 0. The number of nitrogens with one attached hydrogen (secondary N) is 1. The number of halogens is 1. The topological polar surface area (TPSA) is 55.2 Å². The lowest BCUT2D eigenvalue weighted by molar-refractivity contribution is -0.385. The third-order valence-electron chi connectivity index (χ3n) is 3.05. The highest BCUT2D eigenvalue weighted by Crippen LogP contribution is 2.25. The van der Waals surface area contributed by atoms with Gasteiger partial charge in [0.15, 0.2) is 0 Å². The Hall–Kier alpha value is -0.940. The molecule has 1 atom stereocenters. The zero-order valence-electron chi connectivity index (χ0n) is 10.8. The van der Waals surface area contributed by atoms with Crippen LogP contribution in [-0.4, -0.2) is 18.0 Å². The molecule has 18 heavy (non-hydrogen) atoms. The minimum absolute atomic E-state index is 0.204.